The number of carbonyl (C=O) groups is 1. The van der Waals surface area contributed by atoms with Gasteiger partial charge >= 0.3 is 0 Å². The van der Waals surface area contributed by atoms with E-state index < -0.39 is 0 Å². The van der Waals surface area contributed by atoms with Gasteiger partial charge in [0.1, 0.15) is 0 Å². The van der Waals surface area contributed by atoms with Gasteiger partial charge in [0.25, 0.3) is 0 Å². The summed E-state index contributed by atoms with van der Waals surface area (Å²) in [5, 5.41) is 11.2. The fourth-order valence-corrected chi connectivity index (χ4v) is 1.01. The number of hydrogen-bond acceptors (Lipinski definition) is 2. The summed E-state index contributed by atoms with van der Waals surface area (Å²) in [5.74, 6) is 0. The third-order valence-electron chi connectivity index (χ3n) is 1.55. The third-order valence-corrected chi connectivity index (χ3v) is 1.55. The van der Waals surface area contributed by atoms with Gasteiger partial charge in [0.05, 0.1) is 0 Å². The number of aliphatic hydroxyl groups is 1. The van der Waals surface area contributed by atoms with E-state index in [0.29, 0.717) is 12.8 Å². The molecule has 0 atom stereocenters. The Morgan fingerprint density at radius 1 is 1.50 bits per heavy atom. The van der Waals surface area contributed by atoms with Gasteiger partial charge in [0, 0.05) is 12.3 Å². The van der Waals surface area contributed by atoms with Crippen molar-refractivity contribution in [1.29, 1.82) is 0 Å². The van der Waals surface area contributed by atoms with E-state index in [2.05, 4.69) is 5.32 Å². The topological polar surface area (TPSA) is 49.3 Å². The van der Waals surface area contributed by atoms with Crippen molar-refractivity contribution in [3.05, 3.63) is 29.8 Å². The van der Waals surface area contributed by atoms with Crippen molar-refractivity contribution in [3.8, 4) is 0 Å². The molecule has 0 aliphatic rings. The van der Waals surface area contributed by atoms with Crippen molar-refractivity contribution in [2.75, 3.05) is 11.9 Å². The van der Waals surface area contributed by atoms with Gasteiger partial charge in [-0.1, -0.05) is 12.1 Å². The molecule has 0 radical (unpaired) electrons. The van der Waals surface area contributed by atoms with Gasteiger partial charge in [-0.15, -0.1) is 0 Å². The van der Waals surface area contributed by atoms with Crippen molar-refractivity contribution in [3.63, 3.8) is 0 Å². The van der Waals surface area contributed by atoms with Gasteiger partial charge in [-0.25, -0.2) is 0 Å². The summed E-state index contributed by atoms with van der Waals surface area (Å²) in [6, 6.07) is 7.39. The fraction of sp³-hybridized carbons (Fsp3) is 0.222. The van der Waals surface area contributed by atoms with E-state index >= 15 is 0 Å². The first-order chi connectivity index (χ1) is 5.86. The number of nitrogens with one attached hydrogen (secondary N) is 1. The van der Waals surface area contributed by atoms with Crippen LogP contribution in [-0.2, 0) is 11.2 Å². The normalized spacial score (nSPS) is 9.42. The van der Waals surface area contributed by atoms with E-state index in [1.807, 2.05) is 18.2 Å². The van der Waals surface area contributed by atoms with Crippen LogP contribution in [0.2, 0.25) is 0 Å². The lowest BCUT2D eigenvalue weighted by atomic mass is 10.1. The van der Waals surface area contributed by atoms with Crippen molar-refractivity contribution >= 4 is 12.1 Å². The summed E-state index contributed by atoms with van der Waals surface area (Å²) in [6.45, 7) is 0.130. The van der Waals surface area contributed by atoms with E-state index in [1.54, 1.807) is 6.07 Å². The first-order valence-electron chi connectivity index (χ1n) is 3.77. The van der Waals surface area contributed by atoms with Crippen LogP contribution in [0.5, 0.6) is 0 Å². The zero-order valence-electron chi connectivity index (χ0n) is 6.66. The lowest BCUT2D eigenvalue weighted by Gasteiger charge is -2.01. The maximum absolute atomic E-state index is 10.1. The molecule has 0 aromatic heterocycles. The standard InChI is InChI=1S/C9H11NO2/c11-5-4-8-2-1-3-9(6-8)10-7-12/h1-3,6-7,11H,4-5H2,(H,10,12). The van der Waals surface area contributed by atoms with E-state index in [0.717, 1.165) is 11.3 Å². The molecular weight excluding hydrogens is 154 g/mol. The Balaban J connectivity index is 2.73. The second-order valence-corrected chi connectivity index (χ2v) is 2.44. The highest BCUT2D eigenvalue weighted by molar-refractivity contribution is 5.71. The summed E-state index contributed by atoms with van der Waals surface area (Å²) in [7, 11) is 0. The number of rotatable bonds is 4. The first-order valence-corrected chi connectivity index (χ1v) is 3.77. The predicted molar refractivity (Wildman–Crippen MR) is 46.9 cm³/mol. The molecule has 3 nitrogen and oxygen atoms in total. The Morgan fingerprint density at radius 2 is 2.33 bits per heavy atom. The quantitative estimate of drug-likeness (QED) is 0.648. The molecule has 0 fully saturated rings. The Bertz CT molecular complexity index is 260. The molecular formula is C9H11NO2. The number of benzene rings is 1. The molecule has 64 valence electrons. The second-order valence-electron chi connectivity index (χ2n) is 2.44. The number of hydrogen-bond donors (Lipinski definition) is 2. The molecule has 0 aliphatic heterocycles. The Morgan fingerprint density at radius 3 is 3.00 bits per heavy atom. The van der Waals surface area contributed by atoms with Crippen molar-refractivity contribution in [2.24, 2.45) is 0 Å². The lowest BCUT2D eigenvalue weighted by molar-refractivity contribution is -0.105. The van der Waals surface area contributed by atoms with Crippen LogP contribution in [0.1, 0.15) is 5.56 Å². The van der Waals surface area contributed by atoms with Crippen LogP contribution < -0.4 is 5.32 Å². The summed E-state index contributed by atoms with van der Waals surface area (Å²) in [4.78, 5) is 10.1. The third kappa shape index (κ3) is 2.36. The van der Waals surface area contributed by atoms with Crippen molar-refractivity contribution < 1.29 is 9.90 Å². The average molecular weight is 165 g/mol. The molecule has 0 heterocycles. The largest absolute Gasteiger partial charge is 0.396 e. The summed E-state index contributed by atoms with van der Waals surface area (Å²) >= 11 is 0. The second kappa shape index (κ2) is 4.51. The van der Waals surface area contributed by atoms with E-state index in [-0.39, 0.29) is 6.61 Å². The van der Waals surface area contributed by atoms with Crippen molar-refractivity contribution in [2.45, 2.75) is 6.42 Å². The zero-order valence-corrected chi connectivity index (χ0v) is 6.66. The van der Waals surface area contributed by atoms with Gasteiger partial charge in [-0.3, -0.25) is 4.79 Å². The minimum absolute atomic E-state index is 0.130. The predicted octanol–water partition coefficient (Wildman–Crippen LogP) is 0.790. The molecule has 0 saturated carbocycles. The van der Waals surface area contributed by atoms with Crippen molar-refractivity contribution in [1.82, 2.24) is 0 Å². The maximum Gasteiger partial charge on any atom is 0.211 e. The highest BCUT2D eigenvalue weighted by Gasteiger charge is 1.93. The zero-order chi connectivity index (χ0) is 8.81. The smallest absolute Gasteiger partial charge is 0.211 e. The van der Waals surface area contributed by atoms with Crippen LogP contribution in [0, 0.1) is 0 Å². The average Bonchev–Trinajstić information content (AvgIpc) is 2.06. The molecule has 12 heavy (non-hydrogen) atoms. The van der Waals surface area contributed by atoms with Crippen LogP contribution in [0.15, 0.2) is 24.3 Å². The maximum atomic E-state index is 10.1. The molecule has 3 heteroatoms. The van der Waals surface area contributed by atoms with Crippen LogP contribution >= 0.6 is 0 Å². The van der Waals surface area contributed by atoms with Gasteiger partial charge in [-0.05, 0) is 24.1 Å². The molecule has 1 aromatic rings. The highest BCUT2D eigenvalue weighted by Crippen LogP contribution is 2.09. The molecule has 0 spiro atoms. The molecule has 0 unspecified atom stereocenters. The van der Waals surface area contributed by atoms with Gasteiger partial charge in [0.2, 0.25) is 6.41 Å². The van der Waals surface area contributed by atoms with Crippen LogP contribution in [-0.4, -0.2) is 18.1 Å². The summed E-state index contributed by atoms with van der Waals surface area (Å²) < 4.78 is 0. The summed E-state index contributed by atoms with van der Waals surface area (Å²) in [6.07, 6.45) is 1.26. The molecule has 0 aliphatic carbocycles. The molecule has 1 aromatic carbocycles. The Hall–Kier alpha value is -1.35. The highest BCUT2D eigenvalue weighted by atomic mass is 16.2. The molecule has 1 rings (SSSR count). The summed E-state index contributed by atoms with van der Waals surface area (Å²) in [5.41, 5.74) is 1.78. The number of aliphatic hydroxyl groups excluding tert-OH is 1. The van der Waals surface area contributed by atoms with E-state index in [1.165, 1.54) is 0 Å². The van der Waals surface area contributed by atoms with E-state index in [9.17, 15) is 4.79 Å². The Labute approximate surface area is 71.0 Å². The molecule has 1 amide bonds. The van der Waals surface area contributed by atoms with Crippen LogP contribution in [0.4, 0.5) is 5.69 Å². The van der Waals surface area contributed by atoms with Gasteiger partial charge in [-0.2, -0.15) is 0 Å². The molecule has 0 bridgehead atoms. The number of carbonyl (C=O) groups excluding carboxylic acids is 1. The SMILES string of the molecule is O=CNc1cccc(CCO)c1. The number of anilines is 1. The van der Waals surface area contributed by atoms with Crippen LogP contribution in [0.25, 0.3) is 0 Å². The van der Waals surface area contributed by atoms with Gasteiger partial charge < -0.3 is 10.4 Å². The molecule has 0 saturated heterocycles. The molecule has 2 N–H and O–H groups in total. The lowest BCUT2D eigenvalue weighted by Crippen LogP contribution is -1.96. The first kappa shape index (κ1) is 8.74. The van der Waals surface area contributed by atoms with Gasteiger partial charge in [0.15, 0.2) is 0 Å². The minimum atomic E-state index is 0.130. The van der Waals surface area contributed by atoms with Crippen LogP contribution in [0.3, 0.4) is 0 Å². The monoisotopic (exact) mass is 165 g/mol. The minimum Gasteiger partial charge on any atom is -0.396 e. The fourth-order valence-electron chi connectivity index (χ4n) is 1.01. The van der Waals surface area contributed by atoms with E-state index in [4.69, 9.17) is 5.11 Å². The Kier molecular flexibility index (Phi) is 3.29. The number of amides is 1.